The fourth-order valence-electron chi connectivity index (χ4n) is 1.92. The first kappa shape index (κ1) is 15.8. The Kier molecular flexibility index (Phi) is 4.93. The van der Waals surface area contributed by atoms with E-state index in [1.165, 1.54) is 13.2 Å². The van der Waals surface area contributed by atoms with Crippen LogP contribution in [-0.4, -0.2) is 19.6 Å². The van der Waals surface area contributed by atoms with Gasteiger partial charge in [0.25, 0.3) is 0 Å². The van der Waals surface area contributed by atoms with E-state index < -0.39 is 11.6 Å². The summed E-state index contributed by atoms with van der Waals surface area (Å²) in [6.07, 6.45) is 0. The number of nitrogens with one attached hydrogen (secondary N) is 2. The number of anilines is 2. The second-order valence-corrected chi connectivity index (χ2v) is 4.73. The number of aryl methyl sites for hydroxylation is 1. The van der Waals surface area contributed by atoms with Crippen LogP contribution in [-0.2, 0) is 4.79 Å². The standard InChI is InChI=1S/C16H16F2N2O2/c1-10-3-6-15(22-2)14(7-10)20-16(21)9-19-13-5-4-11(17)8-12(13)18/h3-8,19H,9H2,1-2H3,(H,20,21). The molecule has 0 aliphatic rings. The van der Waals surface area contributed by atoms with Gasteiger partial charge in [-0.1, -0.05) is 6.07 Å². The summed E-state index contributed by atoms with van der Waals surface area (Å²) in [5, 5.41) is 5.30. The summed E-state index contributed by atoms with van der Waals surface area (Å²) in [5.74, 6) is -1.25. The Hall–Kier alpha value is -2.63. The first-order valence-electron chi connectivity index (χ1n) is 6.63. The van der Waals surface area contributed by atoms with Gasteiger partial charge in [-0.25, -0.2) is 8.78 Å². The zero-order chi connectivity index (χ0) is 16.1. The highest BCUT2D eigenvalue weighted by atomic mass is 19.1. The molecule has 0 fully saturated rings. The van der Waals surface area contributed by atoms with E-state index in [1.807, 2.05) is 13.0 Å². The maximum absolute atomic E-state index is 13.4. The molecule has 0 radical (unpaired) electrons. The maximum atomic E-state index is 13.4. The van der Waals surface area contributed by atoms with E-state index in [0.29, 0.717) is 11.4 Å². The highest BCUT2D eigenvalue weighted by Gasteiger charge is 2.09. The van der Waals surface area contributed by atoms with E-state index in [2.05, 4.69) is 10.6 Å². The Morgan fingerprint density at radius 2 is 1.91 bits per heavy atom. The van der Waals surface area contributed by atoms with Gasteiger partial charge in [-0.15, -0.1) is 0 Å². The predicted octanol–water partition coefficient (Wildman–Crippen LogP) is 3.33. The molecule has 22 heavy (non-hydrogen) atoms. The lowest BCUT2D eigenvalue weighted by atomic mass is 10.2. The molecular formula is C16H16F2N2O2. The van der Waals surface area contributed by atoms with Crippen LogP contribution in [0.15, 0.2) is 36.4 Å². The number of rotatable bonds is 5. The van der Waals surface area contributed by atoms with Crippen LogP contribution in [0, 0.1) is 18.6 Å². The summed E-state index contributed by atoms with van der Waals surface area (Å²) in [5.41, 5.74) is 1.57. The van der Waals surface area contributed by atoms with Crippen molar-refractivity contribution in [1.29, 1.82) is 0 Å². The van der Waals surface area contributed by atoms with Crippen molar-refractivity contribution in [2.45, 2.75) is 6.92 Å². The smallest absolute Gasteiger partial charge is 0.243 e. The molecule has 4 nitrogen and oxygen atoms in total. The monoisotopic (exact) mass is 306 g/mol. The largest absolute Gasteiger partial charge is 0.495 e. The number of carbonyl (C=O) groups is 1. The van der Waals surface area contributed by atoms with Gasteiger partial charge >= 0.3 is 0 Å². The number of halogens is 2. The van der Waals surface area contributed by atoms with Crippen LogP contribution < -0.4 is 15.4 Å². The van der Waals surface area contributed by atoms with Crippen molar-refractivity contribution in [3.8, 4) is 5.75 Å². The van der Waals surface area contributed by atoms with Gasteiger partial charge in [0.2, 0.25) is 5.91 Å². The van der Waals surface area contributed by atoms with Crippen molar-refractivity contribution in [3.63, 3.8) is 0 Å². The van der Waals surface area contributed by atoms with Crippen molar-refractivity contribution in [1.82, 2.24) is 0 Å². The third-order valence-corrected chi connectivity index (χ3v) is 3.00. The van der Waals surface area contributed by atoms with E-state index in [-0.39, 0.29) is 18.1 Å². The van der Waals surface area contributed by atoms with E-state index >= 15 is 0 Å². The summed E-state index contributed by atoms with van der Waals surface area (Å²) in [6.45, 7) is 1.74. The molecule has 0 atom stereocenters. The summed E-state index contributed by atoms with van der Waals surface area (Å²) >= 11 is 0. The molecule has 2 aromatic rings. The van der Waals surface area contributed by atoms with Crippen LogP contribution >= 0.6 is 0 Å². The van der Waals surface area contributed by atoms with Gasteiger partial charge in [0.05, 0.1) is 25.0 Å². The fourth-order valence-corrected chi connectivity index (χ4v) is 1.92. The molecule has 0 bridgehead atoms. The number of amides is 1. The SMILES string of the molecule is COc1ccc(C)cc1NC(=O)CNc1ccc(F)cc1F. The molecule has 1 amide bonds. The minimum Gasteiger partial charge on any atom is -0.495 e. The second kappa shape index (κ2) is 6.89. The number of hydrogen-bond donors (Lipinski definition) is 2. The van der Waals surface area contributed by atoms with Crippen LogP contribution in [0.3, 0.4) is 0 Å². The van der Waals surface area contributed by atoms with Gasteiger partial charge in [-0.3, -0.25) is 4.79 Å². The highest BCUT2D eigenvalue weighted by molar-refractivity contribution is 5.95. The lowest BCUT2D eigenvalue weighted by molar-refractivity contribution is -0.114. The first-order valence-corrected chi connectivity index (χ1v) is 6.63. The topological polar surface area (TPSA) is 50.4 Å². The molecule has 0 unspecified atom stereocenters. The number of hydrogen-bond acceptors (Lipinski definition) is 3. The Labute approximate surface area is 127 Å². The fraction of sp³-hybridized carbons (Fsp3) is 0.188. The summed E-state index contributed by atoms with van der Waals surface area (Å²) < 4.78 is 31.4. The zero-order valence-electron chi connectivity index (χ0n) is 12.2. The molecule has 0 aliphatic carbocycles. The average molecular weight is 306 g/mol. The summed E-state index contributed by atoms with van der Waals surface area (Å²) in [6, 6.07) is 8.50. The summed E-state index contributed by atoms with van der Waals surface area (Å²) in [7, 11) is 1.51. The van der Waals surface area contributed by atoms with Gasteiger partial charge in [0, 0.05) is 6.07 Å². The third-order valence-electron chi connectivity index (χ3n) is 3.00. The first-order chi connectivity index (χ1) is 10.5. The van der Waals surface area contributed by atoms with Crippen molar-refractivity contribution in [3.05, 3.63) is 53.6 Å². The molecule has 6 heteroatoms. The number of methoxy groups -OCH3 is 1. The van der Waals surface area contributed by atoms with E-state index in [0.717, 1.165) is 17.7 Å². The van der Waals surface area contributed by atoms with E-state index in [4.69, 9.17) is 4.74 Å². The Morgan fingerprint density at radius 3 is 2.59 bits per heavy atom. The molecule has 0 aliphatic heterocycles. The number of benzene rings is 2. The minimum absolute atomic E-state index is 0.0627. The molecular weight excluding hydrogens is 290 g/mol. The molecule has 0 aromatic heterocycles. The lowest BCUT2D eigenvalue weighted by Gasteiger charge is -2.12. The highest BCUT2D eigenvalue weighted by Crippen LogP contribution is 2.25. The van der Waals surface area contributed by atoms with Gasteiger partial charge in [0.1, 0.15) is 17.4 Å². The van der Waals surface area contributed by atoms with Gasteiger partial charge in [0.15, 0.2) is 0 Å². The van der Waals surface area contributed by atoms with Crippen LogP contribution in [0.5, 0.6) is 5.75 Å². The quantitative estimate of drug-likeness (QED) is 0.891. The van der Waals surface area contributed by atoms with E-state index in [1.54, 1.807) is 12.1 Å². The van der Waals surface area contributed by atoms with Crippen molar-refractivity contribution < 1.29 is 18.3 Å². The lowest BCUT2D eigenvalue weighted by Crippen LogP contribution is -2.22. The third kappa shape index (κ3) is 3.94. The predicted molar refractivity (Wildman–Crippen MR) is 81.2 cm³/mol. The van der Waals surface area contributed by atoms with Crippen molar-refractivity contribution in [2.24, 2.45) is 0 Å². The zero-order valence-corrected chi connectivity index (χ0v) is 12.2. The van der Waals surface area contributed by atoms with Crippen LogP contribution in [0.1, 0.15) is 5.56 Å². The van der Waals surface area contributed by atoms with E-state index in [9.17, 15) is 13.6 Å². The molecule has 2 rings (SSSR count). The molecule has 0 saturated carbocycles. The molecule has 0 saturated heterocycles. The van der Waals surface area contributed by atoms with Crippen LogP contribution in [0.4, 0.5) is 20.2 Å². The Balaban J connectivity index is 2.00. The molecule has 116 valence electrons. The molecule has 2 aromatic carbocycles. The molecule has 0 heterocycles. The van der Waals surface area contributed by atoms with Gasteiger partial charge in [-0.05, 0) is 36.8 Å². The molecule has 0 spiro atoms. The van der Waals surface area contributed by atoms with Crippen LogP contribution in [0.25, 0.3) is 0 Å². The van der Waals surface area contributed by atoms with Crippen molar-refractivity contribution in [2.75, 3.05) is 24.3 Å². The maximum Gasteiger partial charge on any atom is 0.243 e. The average Bonchev–Trinajstić information content (AvgIpc) is 2.46. The summed E-state index contributed by atoms with van der Waals surface area (Å²) in [4.78, 5) is 11.9. The van der Waals surface area contributed by atoms with Crippen molar-refractivity contribution >= 4 is 17.3 Å². The van der Waals surface area contributed by atoms with Gasteiger partial charge < -0.3 is 15.4 Å². The van der Waals surface area contributed by atoms with Crippen LogP contribution in [0.2, 0.25) is 0 Å². The minimum atomic E-state index is -0.749. The second-order valence-electron chi connectivity index (χ2n) is 4.73. The molecule has 2 N–H and O–H groups in total. The van der Waals surface area contributed by atoms with Gasteiger partial charge in [-0.2, -0.15) is 0 Å². The number of ether oxygens (including phenoxy) is 1. The Morgan fingerprint density at radius 1 is 1.14 bits per heavy atom. The normalized spacial score (nSPS) is 10.2. The number of carbonyl (C=O) groups excluding carboxylic acids is 1. The Bertz CT molecular complexity index is 690.